The van der Waals surface area contributed by atoms with Crippen LogP contribution in [0.3, 0.4) is 0 Å². The van der Waals surface area contributed by atoms with Crippen molar-refractivity contribution in [2.24, 2.45) is 40.4 Å². The number of nitrogens with one attached hydrogen (secondary N) is 4. The molecule has 3 aliphatic rings. The third kappa shape index (κ3) is 16.0. The van der Waals surface area contributed by atoms with Gasteiger partial charge in [0.1, 0.15) is 23.9 Å². The second-order valence-electron chi connectivity index (χ2n) is 21.5. The quantitative estimate of drug-likeness (QED) is 0.104. The molecule has 4 amide bonds. The lowest BCUT2D eigenvalue weighted by atomic mass is 9.58. The molecular formula is C53H74Cl2F3N13O4. The van der Waals surface area contributed by atoms with Crippen LogP contribution in [0.15, 0.2) is 43.3 Å². The van der Waals surface area contributed by atoms with E-state index in [0.29, 0.717) is 59.7 Å². The van der Waals surface area contributed by atoms with Crippen LogP contribution in [0.25, 0.3) is 5.03 Å². The van der Waals surface area contributed by atoms with Crippen molar-refractivity contribution >= 4 is 64.0 Å². The second-order valence-corrected chi connectivity index (χ2v) is 22.3. The Morgan fingerprint density at radius 2 is 1.52 bits per heavy atom. The van der Waals surface area contributed by atoms with Crippen LogP contribution in [0.2, 0.25) is 5.15 Å². The Hall–Kier alpha value is -6.12. The Labute approximate surface area is 450 Å². The number of nitriles is 2. The molecule has 3 fully saturated rings. The largest absolute Gasteiger partial charge is 0.434 e. The highest BCUT2D eigenvalue weighted by molar-refractivity contribution is 6.49. The highest BCUT2D eigenvalue weighted by Crippen LogP contribution is 2.65. The molecule has 1 aliphatic carbocycles. The van der Waals surface area contributed by atoms with E-state index < -0.39 is 53.1 Å². The second kappa shape index (κ2) is 27.1. The molecule has 75 heavy (non-hydrogen) atoms. The zero-order chi connectivity index (χ0) is 56.8. The number of halogens is 5. The van der Waals surface area contributed by atoms with E-state index in [1.54, 1.807) is 24.1 Å². The van der Waals surface area contributed by atoms with Gasteiger partial charge >= 0.3 is 6.18 Å². The van der Waals surface area contributed by atoms with Crippen LogP contribution in [-0.4, -0.2) is 104 Å². The number of alkyl halides is 3. The lowest BCUT2D eigenvalue weighted by molar-refractivity contribution is -0.141. The molecular weight excluding hydrogens is 1010 g/mol. The van der Waals surface area contributed by atoms with E-state index in [1.165, 1.54) is 23.5 Å². The number of rotatable bonds is 15. The molecule has 17 nitrogen and oxygen atoms in total. The van der Waals surface area contributed by atoms with E-state index in [-0.39, 0.29) is 59.2 Å². The maximum atomic E-state index is 14.3. The molecule has 2 saturated heterocycles. The van der Waals surface area contributed by atoms with Crippen LogP contribution in [-0.2, 0) is 30.8 Å². The van der Waals surface area contributed by atoms with Crippen LogP contribution in [0.4, 0.5) is 24.8 Å². The molecule has 5 unspecified atom stereocenters. The van der Waals surface area contributed by atoms with Gasteiger partial charge in [0.05, 0.1) is 37.6 Å². The molecule has 6 rings (SSSR count). The first kappa shape index (κ1) is 63.2. The maximum Gasteiger partial charge on any atom is 0.434 e. The van der Waals surface area contributed by atoms with Crippen molar-refractivity contribution in [2.45, 2.75) is 133 Å². The van der Waals surface area contributed by atoms with E-state index in [2.05, 4.69) is 121 Å². The number of carbonyl (C=O) groups excluding carboxylic acids is 4. The summed E-state index contributed by atoms with van der Waals surface area (Å²) >= 11 is 13.1. The van der Waals surface area contributed by atoms with Gasteiger partial charge in [0.2, 0.25) is 24.1 Å². The zero-order valence-corrected chi connectivity index (χ0v) is 47.0. The Morgan fingerprint density at radius 1 is 0.920 bits per heavy atom. The van der Waals surface area contributed by atoms with Crippen molar-refractivity contribution in [1.29, 1.82) is 10.5 Å². The van der Waals surface area contributed by atoms with Crippen molar-refractivity contribution in [3.05, 3.63) is 70.8 Å². The molecule has 7 atom stereocenters. The summed E-state index contributed by atoms with van der Waals surface area (Å²) < 4.78 is 39.6. The van der Waals surface area contributed by atoms with Gasteiger partial charge in [0.15, 0.2) is 16.7 Å². The van der Waals surface area contributed by atoms with Crippen molar-refractivity contribution in [3.8, 4) is 12.1 Å². The number of piperidine rings is 1. The number of anilines is 2. The molecule has 5 heterocycles. The highest BCUT2D eigenvalue weighted by Gasteiger charge is 2.69. The number of hydrogen-bond donors (Lipinski definition) is 4. The minimum atomic E-state index is -4.72. The molecule has 0 radical (unpaired) electrons. The lowest BCUT2D eigenvalue weighted by Crippen LogP contribution is -2.51. The fourth-order valence-corrected chi connectivity index (χ4v) is 9.57. The van der Waals surface area contributed by atoms with Crippen molar-refractivity contribution in [2.75, 3.05) is 43.4 Å². The first-order chi connectivity index (χ1) is 35.0. The number of allylic oxidation sites excluding steroid dienone is 1. The summed E-state index contributed by atoms with van der Waals surface area (Å²) in [6.07, 6.45) is 5.98. The number of nitrogens with zero attached hydrogens (tertiary/aromatic N) is 9. The molecule has 3 aromatic heterocycles. The Kier molecular flexibility index (Phi) is 22.8. The van der Waals surface area contributed by atoms with Crippen molar-refractivity contribution in [1.82, 2.24) is 45.4 Å². The number of likely N-dealkylation sites (tertiary alicyclic amines) is 2. The fourth-order valence-electron chi connectivity index (χ4n) is 9.19. The third-order valence-corrected chi connectivity index (χ3v) is 14.5. The Bertz CT molecular complexity index is 2560. The number of fused-ring (bicyclic) bond motifs is 1. The van der Waals surface area contributed by atoms with E-state index >= 15 is 0 Å². The van der Waals surface area contributed by atoms with Crippen LogP contribution >= 0.6 is 23.2 Å². The Balaban J connectivity index is 0.000000806. The molecule has 0 aromatic carbocycles. The van der Waals surface area contributed by atoms with Gasteiger partial charge in [0, 0.05) is 60.6 Å². The predicted octanol–water partition coefficient (Wildman–Crippen LogP) is 9.44. The van der Waals surface area contributed by atoms with E-state index in [4.69, 9.17) is 28.5 Å². The number of pyridine rings is 1. The molecule has 410 valence electrons. The average Bonchev–Trinajstić information content (AvgIpc) is 3.59. The van der Waals surface area contributed by atoms with Gasteiger partial charge in [-0.25, -0.2) is 15.0 Å². The molecule has 4 N–H and O–H groups in total. The van der Waals surface area contributed by atoms with Gasteiger partial charge in [-0.1, -0.05) is 119 Å². The monoisotopic (exact) mass is 1080 g/mol. The predicted molar refractivity (Wildman–Crippen MR) is 284 cm³/mol. The van der Waals surface area contributed by atoms with Crippen molar-refractivity contribution in [3.63, 3.8) is 0 Å². The van der Waals surface area contributed by atoms with Gasteiger partial charge in [-0.3, -0.25) is 29.1 Å². The van der Waals surface area contributed by atoms with E-state index in [0.717, 1.165) is 18.0 Å². The summed E-state index contributed by atoms with van der Waals surface area (Å²) in [5, 5.41) is 30.1. The number of hydrogen-bond acceptors (Lipinski definition) is 13. The van der Waals surface area contributed by atoms with Crippen LogP contribution in [0, 0.1) is 63.1 Å². The summed E-state index contributed by atoms with van der Waals surface area (Å²) in [5.74, 6) is 0.279. The summed E-state index contributed by atoms with van der Waals surface area (Å²) in [6.45, 7) is 29.5. The number of aromatic nitrogens is 5. The summed E-state index contributed by atoms with van der Waals surface area (Å²) in [6, 6.07) is 1.61. The highest BCUT2D eigenvalue weighted by atomic mass is 35.5. The zero-order valence-electron chi connectivity index (χ0n) is 45.5. The van der Waals surface area contributed by atoms with Crippen LogP contribution in [0.5, 0.6) is 0 Å². The summed E-state index contributed by atoms with van der Waals surface area (Å²) in [4.78, 5) is 74.1. The molecule has 22 heteroatoms. The van der Waals surface area contributed by atoms with Gasteiger partial charge in [0.25, 0.3) is 0 Å². The smallest absolute Gasteiger partial charge is 0.360 e. The van der Waals surface area contributed by atoms with Gasteiger partial charge in [-0.2, -0.15) is 23.7 Å². The normalized spacial score (nSPS) is 21.2. The molecule has 0 bridgehead atoms. The minimum absolute atomic E-state index is 0.00361. The van der Waals surface area contributed by atoms with Gasteiger partial charge in [-0.15, -0.1) is 0 Å². The van der Waals surface area contributed by atoms with Gasteiger partial charge in [-0.05, 0) is 64.7 Å². The maximum absolute atomic E-state index is 14.3. The first-order valence-electron chi connectivity index (χ1n) is 25.0. The van der Waals surface area contributed by atoms with Crippen LogP contribution in [0.1, 0.15) is 132 Å². The van der Waals surface area contributed by atoms with E-state index in [1.807, 2.05) is 26.8 Å². The molecule has 2 aliphatic heterocycles. The SMILES string of the molecule is C/C=C(/Cl)c1c(C(C#N)NC(=O)[C@@H]2C3C(CN2C(=O)CNc2cncc(C(F)(F)F)n2)C3(C)C)cncc1C(C)(C)C1(C)CN(C(=O)CNc2nccnc2Cl)C[C@@H]1C.CC(C)C.CC(C)C.CCC(C#N)NC=O. The molecule has 1 saturated carbocycles. The number of carbonyl (C=O) groups is 4. The number of amides is 4. The van der Waals surface area contributed by atoms with Gasteiger partial charge < -0.3 is 31.1 Å². The minimum Gasteiger partial charge on any atom is -0.360 e. The van der Waals surface area contributed by atoms with E-state index in [9.17, 15) is 37.6 Å². The van der Waals surface area contributed by atoms with Crippen molar-refractivity contribution < 1.29 is 32.3 Å². The Morgan fingerprint density at radius 3 is 2.05 bits per heavy atom. The first-order valence-corrected chi connectivity index (χ1v) is 25.7. The fraction of sp³-hybridized carbons (Fsp3) is 0.604. The average molecular weight is 1090 g/mol. The van der Waals surface area contributed by atoms with Crippen LogP contribution < -0.4 is 21.3 Å². The molecule has 3 aromatic rings. The lowest BCUT2D eigenvalue weighted by Gasteiger charge is -2.45. The topological polar surface area (TPSA) is 235 Å². The summed E-state index contributed by atoms with van der Waals surface area (Å²) in [7, 11) is 0. The summed E-state index contributed by atoms with van der Waals surface area (Å²) in [5.41, 5.74) is -1.12. The third-order valence-electron chi connectivity index (χ3n) is 13.8. The molecule has 0 spiro atoms. The standard InChI is InChI=1S/C40H46Cl2F3N11O3.C5H8N2O.2C4H10/c1-8-25(41)31-22(12-47-13-23(31)38(5,6)39(7)20-55(18-21(39)2)29(57)16-52-35-34(42)49-9-10-50-35)26(11-46)53-36(59)33-32-24(37(32,3)4)19-56(33)30(58)17-51-28-15-48-14-27(54-28)40(43,44)45;1-2-5(3-6)7-4-8;2*1-4(2)3/h8-10,12-15,21,24,26,32-33H,16-20H2,1-7H3,(H,50,52)(H,51,54)(H,53,59);4-5H,2H2,1H3,(H,7,8);2*4H,1-3H3/b25-8+;;;/t21-,24?,26?,32?,33-,39?;;;/m0.../s1.